The minimum atomic E-state index is -0.676. The Kier molecular flexibility index (Phi) is 8.67. The Hall–Kier alpha value is -2.08. The van der Waals surface area contributed by atoms with Crippen LogP contribution in [0.1, 0.15) is 24.8 Å². The van der Waals surface area contributed by atoms with Crippen LogP contribution in [0.4, 0.5) is 4.79 Å². The van der Waals surface area contributed by atoms with Crippen molar-refractivity contribution < 1.29 is 19.1 Å². The third kappa shape index (κ3) is 7.08. The lowest BCUT2D eigenvalue weighted by molar-refractivity contribution is -0.143. The first-order valence-corrected chi connectivity index (χ1v) is 7.37. The van der Waals surface area contributed by atoms with Gasteiger partial charge in [-0.1, -0.05) is 30.3 Å². The van der Waals surface area contributed by atoms with Crippen LogP contribution in [0, 0.1) is 0 Å². The van der Waals surface area contributed by atoms with Crippen LogP contribution < -0.4 is 10.6 Å². The lowest BCUT2D eigenvalue weighted by Gasteiger charge is -2.16. The van der Waals surface area contributed by atoms with E-state index in [0.717, 1.165) is 24.9 Å². The van der Waals surface area contributed by atoms with Gasteiger partial charge in [-0.25, -0.2) is 9.59 Å². The molecule has 0 fully saturated rings. The van der Waals surface area contributed by atoms with Gasteiger partial charge in [0.15, 0.2) is 0 Å². The molecule has 0 radical (unpaired) electrons. The van der Waals surface area contributed by atoms with E-state index in [4.69, 9.17) is 9.47 Å². The zero-order valence-electron chi connectivity index (χ0n) is 13.1. The van der Waals surface area contributed by atoms with Crippen molar-refractivity contribution >= 4 is 12.1 Å². The van der Waals surface area contributed by atoms with Gasteiger partial charge in [0.05, 0.1) is 7.11 Å². The number of rotatable bonds is 9. The zero-order chi connectivity index (χ0) is 16.2. The molecule has 0 aliphatic rings. The number of methoxy groups -OCH3 is 1. The van der Waals surface area contributed by atoms with E-state index in [-0.39, 0.29) is 6.61 Å². The van der Waals surface area contributed by atoms with Gasteiger partial charge in [-0.2, -0.15) is 0 Å². The molecule has 1 rings (SSSR count). The van der Waals surface area contributed by atoms with Gasteiger partial charge in [-0.3, -0.25) is 0 Å². The SMILES string of the molecule is CNCCCC[C@H](NC(=O)OCc1ccccc1)C(=O)OC. The Labute approximate surface area is 131 Å². The molecule has 0 heterocycles. The van der Waals surface area contributed by atoms with Gasteiger partial charge < -0.3 is 20.1 Å². The number of carbonyl (C=O) groups excluding carboxylic acids is 2. The molecule has 0 saturated carbocycles. The largest absolute Gasteiger partial charge is 0.467 e. The third-order valence-corrected chi connectivity index (χ3v) is 3.16. The number of hydrogen-bond acceptors (Lipinski definition) is 5. The maximum absolute atomic E-state index is 11.8. The minimum Gasteiger partial charge on any atom is -0.467 e. The lowest BCUT2D eigenvalue weighted by Crippen LogP contribution is -2.41. The smallest absolute Gasteiger partial charge is 0.408 e. The highest BCUT2D eigenvalue weighted by Gasteiger charge is 2.21. The van der Waals surface area contributed by atoms with Crippen LogP contribution in [0.25, 0.3) is 0 Å². The summed E-state index contributed by atoms with van der Waals surface area (Å²) in [4.78, 5) is 23.5. The molecule has 2 N–H and O–H groups in total. The fourth-order valence-corrected chi connectivity index (χ4v) is 1.95. The summed E-state index contributed by atoms with van der Waals surface area (Å²) < 4.78 is 9.82. The monoisotopic (exact) mass is 308 g/mol. The molecule has 0 spiro atoms. The highest BCUT2D eigenvalue weighted by atomic mass is 16.6. The number of carbonyl (C=O) groups is 2. The number of nitrogens with one attached hydrogen (secondary N) is 2. The van der Waals surface area contributed by atoms with E-state index in [1.807, 2.05) is 37.4 Å². The average Bonchev–Trinajstić information content (AvgIpc) is 2.56. The van der Waals surface area contributed by atoms with Crippen LogP contribution in [-0.4, -0.2) is 38.8 Å². The van der Waals surface area contributed by atoms with Crippen LogP contribution >= 0.6 is 0 Å². The lowest BCUT2D eigenvalue weighted by atomic mass is 10.1. The van der Waals surface area contributed by atoms with Crippen molar-refractivity contribution in [3.8, 4) is 0 Å². The highest BCUT2D eigenvalue weighted by Crippen LogP contribution is 2.05. The Balaban J connectivity index is 2.39. The molecule has 1 aromatic rings. The summed E-state index contributed by atoms with van der Waals surface area (Å²) in [5, 5.41) is 5.59. The second-order valence-electron chi connectivity index (χ2n) is 4.88. The van der Waals surface area contributed by atoms with Crippen LogP contribution in [-0.2, 0) is 20.9 Å². The quantitative estimate of drug-likeness (QED) is 0.538. The summed E-state index contributed by atoms with van der Waals surface area (Å²) in [6.45, 7) is 1.03. The van der Waals surface area contributed by atoms with Crippen LogP contribution in [0.2, 0.25) is 0 Å². The maximum atomic E-state index is 11.8. The van der Waals surface area contributed by atoms with Crippen molar-refractivity contribution in [2.75, 3.05) is 20.7 Å². The zero-order valence-corrected chi connectivity index (χ0v) is 13.1. The van der Waals surface area contributed by atoms with E-state index < -0.39 is 18.1 Å². The molecule has 0 unspecified atom stereocenters. The molecule has 1 aromatic carbocycles. The highest BCUT2D eigenvalue weighted by molar-refractivity contribution is 5.81. The molecule has 122 valence electrons. The van der Waals surface area contributed by atoms with E-state index in [2.05, 4.69) is 10.6 Å². The number of amides is 1. The predicted octanol–water partition coefficient (Wildman–Crippen LogP) is 1.84. The standard InChI is InChI=1S/C16H24N2O4/c1-17-11-7-6-10-14(15(19)21-2)18-16(20)22-12-13-8-4-3-5-9-13/h3-5,8-9,14,17H,6-7,10-12H2,1-2H3,(H,18,20)/t14-/m0/s1. The van der Waals surface area contributed by atoms with Gasteiger partial charge in [-0.05, 0) is 38.4 Å². The van der Waals surface area contributed by atoms with Crippen molar-refractivity contribution in [2.24, 2.45) is 0 Å². The molecule has 1 atom stereocenters. The van der Waals surface area contributed by atoms with Crippen molar-refractivity contribution in [1.82, 2.24) is 10.6 Å². The van der Waals surface area contributed by atoms with Gasteiger partial charge in [0.25, 0.3) is 0 Å². The Morgan fingerprint density at radius 3 is 2.55 bits per heavy atom. The second-order valence-corrected chi connectivity index (χ2v) is 4.88. The van der Waals surface area contributed by atoms with Crippen LogP contribution in [0.3, 0.4) is 0 Å². The van der Waals surface area contributed by atoms with Gasteiger partial charge >= 0.3 is 12.1 Å². The predicted molar refractivity (Wildman–Crippen MR) is 83.3 cm³/mol. The summed E-state index contributed by atoms with van der Waals surface area (Å²) in [6, 6.07) is 8.68. The Morgan fingerprint density at radius 1 is 1.18 bits per heavy atom. The molecule has 0 saturated heterocycles. The number of esters is 1. The van der Waals surface area contributed by atoms with Gasteiger partial charge in [-0.15, -0.1) is 0 Å². The Morgan fingerprint density at radius 2 is 1.91 bits per heavy atom. The van der Waals surface area contributed by atoms with Crippen molar-refractivity contribution in [2.45, 2.75) is 31.9 Å². The maximum Gasteiger partial charge on any atom is 0.408 e. The normalized spacial score (nSPS) is 11.5. The molecular weight excluding hydrogens is 284 g/mol. The van der Waals surface area contributed by atoms with E-state index >= 15 is 0 Å². The van der Waals surface area contributed by atoms with E-state index in [1.165, 1.54) is 7.11 Å². The molecule has 1 amide bonds. The first-order valence-electron chi connectivity index (χ1n) is 7.37. The van der Waals surface area contributed by atoms with Crippen molar-refractivity contribution in [3.63, 3.8) is 0 Å². The van der Waals surface area contributed by atoms with Gasteiger partial charge in [0, 0.05) is 0 Å². The molecule has 6 nitrogen and oxygen atoms in total. The average molecular weight is 308 g/mol. The molecule has 0 aliphatic carbocycles. The molecule has 0 bridgehead atoms. The van der Waals surface area contributed by atoms with Crippen molar-refractivity contribution in [3.05, 3.63) is 35.9 Å². The second kappa shape index (κ2) is 10.6. The van der Waals surface area contributed by atoms with E-state index in [9.17, 15) is 9.59 Å². The Bertz CT molecular complexity index is 451. The fourth-order valence-electron chi connectivity index (χ4n) is 1.95. The van der Waals surface area contributed by atoms with Crippen LogP contribution in [0.5, 0.6) is 0 Å². The summed E-state index contributed by atoms with van der Waals surface area (Å²) in [5.74, 6) is -0.457. The topological polar surface area (TPSA) is 76.7 Å². The van der Waals surface area contributed by atoms with Gasteiger partial charge in [0.2, 0.25) is 0 Å². The minimum absolute atomic E-state index is 0.167. The van der Waals surface area contributed by atoms with Crippen LogP contribution in [0.15, 0.2) is 30.3 Å². The number of unbranched alkanes of at least 4 members (excludes halogenated alkanes) is 1. The van der Waals surface area contributed by atoms with Gasteiger partial charge in [0.1, 0.15) is 12.6 Å². The molecule has 6 heteroatoms. The molecule has 0 aromatic heterocycles. The van der Waals surface area contributed by atoms with E-state index in [0.29, 0.717) is 6.42 Å². The number of hydrogen-bond donors (Lipinski definition) is 2. The first kappa shape index (κ1) is 18.0. The molecule has 0 aliphatic heterocycles. The summed E-state index contributed by atoms with van der Waals surface area (Å²) in [6.07, 6.45) is 1.63. The number of benzene rings is 1. The summed E-state index contributed by atoms with van der Waals surface area (Å²) in [5.41, 5.74) is 0.890. The summed E-state index contributed by atoms with van der Waals surface area (Å²) >= 11 is 0. The number of alkyl carbamates (subject to hydrolysis) is 1. The molecular formula is C16H24N2O4. The number of ether oxygens (including phenoxy) is 2. The molecule has 22 heavy (non-hydrogen) atoms. The first-order chi connectivity index (χ1) is 10.7. The van der Waals surface area contributed by atoms with E-state index in [1.54, 1.807) is 0 Å². The van der Waals surface area contributed by atoms with Crippen molar-refractivity contribution in [1.29, 1.82) is 0 Å². The summed E-state index contributed by atoms with van der Waals surface area (Å²) in [7, 11) is 3.18. The third-order valence-electron chi connectivity index (χ3n) is 3.16. The fraction of sp³-hybridized carbons (Fsp3) is 0.500.